The smallest absolute Gasteiger partial charge is 0.321 e. The molecule has 46 heavy (non-hydrogen) atoms. The number of aromatic nitrogens is 2. The molecule has 0 saturated carbocycles. The predicted octanol–water partition coefficient (Wildman–Crippen LogP) is 5.98. The van der Waals surface area contributed by atoms with E-state index < -0.39 is 0 Å². The van der Waals surface area contributed by atoms with Gasteiger partial charge in [-0.05, 0) is 41.8 Å². The van der Waals surface area contributed by atoms with E-state index in [0.29, 0.717) is 75.5 Å². The van der Waals surface area contributed by atoms with Gasteiger partial charge in [-0.3, -0.25) is 0 Å². The number of piperazine rings is 1. The van der Waals surface area contributed by atoms with Crippen molar-refractivity contribution in [3.63, 3.8) is 0 Å². The van der Waals surface area contributed by atoms with Gasteiger partial charge in [-0.15, -0.1) is 0 Å². The molecule has 1 aliphatic rings. The Hall–Kier alpha value is -5.13. The molecule has 0 unspecified atom stereocenters. The molecule has 4 aromatic carbocycles. The number of fused-ring (bicyclic) bond motifs is 2. The molecule has 0 aliphatic carbocycles. The number of rotatable bonds is 12. The summed E-state index contributed by atoms with van der Waals surface area (Å²) in [6.07, 6.45) is 1.55. The van der Waals surface area contributed by atoms with E-state index in [0.717, 1.165) is 33.2 Å². The van der Waals surface area contributed by atoms with Crippen molar-refractivity contribution in [3.05, 3.63) is 85.2 Å². The normalized spacial score (nSPS) is 13.2. The van der Waals surface area contributed by atoms with Crippen LogP contribution in [0.25, 0.3) is 21.7 Å². The van der Waals surface area contributed by atoms with Crippen LogP contribution >= 0.6 is 0 Å². The van der Waals surface area contributed by atoms with Crippen LogP contribution in [0.4, 0.5) is 16.3 Å². The summed E-state index contributed by atoms with van der Waals surface area (Å²) in [4.78, 5) is 26.2. The molecule has 11 heteroatoms. The topological polar surface area (TPSA) is 108 Å². The van der Waals surface area contributed by atoms with Gasteiger partial charge in [-0.2, -0.15) is 0 Å². The molecule has 2 heterocycles. The highest BCUT2D eigenvalue weighted by Gasteiger charge is 2.24. The summed E-state index contributed by atoms with van der Waals surface area (Å²) in [5, 5.41) is 6.02. The monoisotopic (exact) mass is 623 g/mol. The lowest BCUT2D eigenvalue weighted by atomic mass is 10.1. The molecular formula is C35H37N5O6. The molecule has 238 valence electrons. The van der Waals surface area contributed by atoms with Gasteiger partial charge in [0.25, 0.3) is 0 Å². The van der Waals surface area contributed by atoms with Gasteiger partial charge in [0.05, 0.1) is 18.7 Å². The van der Waals surface area contributed by atoms with Crippen LogP contribution in [0.3, 0.4) is 0 Å². The molecule has 5 aromatic rings. The fourth-order valence-corrected chi connectivity index (χ4v) is 5.34. The van der Waals surface area contributed by atoms with Crippen LogP contribution in [0.15, 0.2) is 85.2 Å². The fraction of sp³-hybridized carbons (Fsp3) is 0.286. The quantitative estimate of drug-likeness (QED) is 0.168. The van der Waals surface area contributed by atoms with E-state index in [4.69, 9.17) is 23.7 Å². The predicted molar refractivity (Wildman–Crippen MR) is 178 cm³/mol. The number of nitrogens with zero attached hydrogens (tertiary/aromatic N) is 4. The fourth-order valence-electron chi connectivity index (χ4n) is 5.34. The standard InChI is InChI=1S/C35H37N5O6/c1-42-18-20-44-32-22-29-30(23-33(32)45-21-19-43-2)36-24-37-34(29)39-14-16-40(17-15-39)35(41)38-26-10-12-27(13-11-26)46-31-9-5-7-25-6-3-4-8-28(25)31/h3-13,22-24H,14-21H2,1-2H3,(H,38,41). The van der Waals surface area contributed by atoms with Crippen LogP contribution in [-0.2, 0) is 9.47 Å². The van der Waals surface area contributed by atoms with Crippen LogP contribution in [-0.4, -0.2) is 87.7 Å². The average Bonchev–Trinajstić information content (AvgIpc) is 3.09. The highest BCUT2D eigenvalue weighted by Crippen LogP contribution is 2.36. The van der Waals surface area contributed by atoms with E-state index in [9.17, 15) is 4.79 Å². The number of hydrogen-bond donors (Lipinski definition) is 1. The van der Waals surface area contributed by atoms with Crippen molar-refractivity contribution in [1.29, 1.82) is 0 Å². The van der Waals surface area contributed by atoms with Crippen molar-refractivity contribution >= 4 is 39.2 Å². The Bertz CT molecular complexity index is 1770. The largest absolute Gasteiger partial charge is 0.487 e. The highest BCUT2D eigenvalue weighted by molar-refractivity contribution is 5.93. The Morgan fingerprint density at radius 2 is 1.43 bits per heavy atom. The second-order valence-corrected chi connectivity index (χ2v) is 10.7. The minimum Gasteiger partial charge on any atom is -0.487 e. The lowest BCUT2D eigenvalue weighted by Gasteiger charge is -2.35. The number of anilines is 2. The second-order valence-electron chi connectivity index (χ2n) is 10.7. The molecule has 1 saturated heterocycles. The molecule has 1 fully saturated rings. The summed E-state index contributed by atoms with van der Waals surface area (Å²) in [6, 6.07) is 25.1. The Balaban J connectivity index is 1.08. The zero-order valence-corrected chi connectivity index (χ0v) is 26.0. The van der Waals surface area contributed by atoms with Gasteiger partial charge in [0.2, 0.25) is 0 Å². The maximum Gasteiger partial charge on any atom is 0.321 e. The molecular weight excluding hydrogens is 586 g/mol. The van der Waals surface area contributed by atoms with Crippen molar-refractivity contribution in [2.24, 2.45) is 0 Å². The van der Waals surface area contributed by atoms with E-state index in [1.807, 2.05) is 66.7 Å². The SMILES string of the molecule is COCCOc1cc2ncnc(N3CCN(C(=O)Nc4ccc(Oc5cccc6ccccc56)cc4)CC3)c2cc1OCCOC. The zero-order chi connectivity index (χ0) is 31.7. The summed E-state index contributed by atoms with van der Waals surface area (Å²) in [6.45, 7) is 3.96. The van der Waals surface area contributed by atoms with E-state index in [1.165, 1.54) is 0 Å². The Morgan fingerprint density at radius 1 is 0.739 bits per heavy atom. The summed E-state index contributed by atoms with van der Waals surface area (Å²) >= 11 is 0. The van der Waals surface area contributed by atoms with E-state index in [-0.39, 0.29) is 6.03 Å². The number of carbonyl (C=O) groups excluding carboxylic acids is 1. The molecule has 1 aliphatic heterocycles. The molecule has 2 amide bonds. The first-order valence-corrected chi connectivity index (χ1v) is 15.2. The van der Waals surface area contributed by atoms with Crippen molar-refractivity contribution < 1.29 is 28.5 Å². The van der Waals surface area contributed by atoms with E-state index >= 15 is 0 Å². The molecule has 0 spiro atoms. The van der Waals surface area contributed by atoms with Gasteiger partial charge >= 0.3 is 6.03 Å². The third-order valence-corrected chi connectivity index (χ3v) is 7.72. The average molecular weight is 624 g/mol. The summed E-state index contributed by atoms with van der Waals surface area (Å²) in [5.41, 5.74) is 1.44. The van der Waals surface area contributed by atoms with Crippen LogP contribution < -0.4 is 24.4 Å². The number of ether oxygens (including phenoxy) is 5. The first kappa shape index (κ1) is 30.9. The molecule has 1 aromatic heterocycles. The van der Waals surface area contributed by atoms with Crippen LogP contribution in [0.1, 0.15) is 0 Å². The lowest BCUT2D eigenvalue weighted by Crippen LogP contribution is -2.50. The first-order valence-electron chi connectivity index (χ1n) is 15.2. The zero-order valence-electron chi connectivity index (χ0n) is 26.0. The summed E-state index contributed by atoms with van der Waals surface area (Å²) in [5.74, 6) is 3.44. The lowest BCUT2D eigenvalue weighted by molar-refractivity contribution is 0.132. The number of urea groups is 1. The van der Waals surface area contributed by atoms with Crippen LogP contribution in [0, 0.1) is 0 Å². The number of methoxy groups -OCH3 is 2. The van der Waals surface area contributed by atoms with Crippen molar-refractivity contribution in [3.8, 4) is 23.0 Å². The van der Waals surface area contributed by atoms with Crippen LogP contribution in [0.5, 0.6) is 23.0 Å². The van der Waals surface area contributed by atoms with Crippen molar-refractivity contribution in [2.45, 2.75) is 0 Å². The molecule has 0 radical (unpaired) electrons. The molecule has 0 bridgehead atoms. The molecule has 0 atom stereocenters. The number of benzene rings is 4. The van der Waals surface area contributed by atoms with Crippen molar-refractivity contribution in [1.82, 2.24) is 14.9 Å². The molecule has 11 nitrogen and oxygen atoms in total. The van der Waals surface area contributed by atoms with Gasteiger partial charge in [0, 0.05) is 62.9 Å². The van der Waals surface area contributed by atoms with E-state index in [1.54, 1.807) is 25.4 Å². The maximum absolute atomic E-state index is 13.2. The highest BCUT2D eigenvalue weighted by atomic mass is 16.5. The number of hydrogen-bond acceptors (Lipinski definition) is 9. The maximum atomic E-state index is 13.2. The summed E-state index contributed by atoms with van der Waals surface area (Å²) < 4.78 is 28.3. The Labute approximate surface area is 267 Å². The number of nitrogens with one attached hydrogen (secondary N) is 1. The van der Waals surface area contributed by atoms with E-state index in [2.05, 4.69) is 32.3 Å². The third-order valence-electron chi connectivity index (χ3n) is 7.72. The molecule has 1 N–H and O–H groups in total. The minimum atomic E-state index is -0.151. The van der Waals surface area contributed by atoms with Crippen molar-refractivity contribution in [2.75, 3.05) is 77.0 Å². The third kappa shape index (κ3) is 7.22. The van der Waals surface area contributed by atoms with Gasteiger partial charge in [-0.25, -0.2) is 14.8 Å². The minimum absolute atomic E-state index is 0.151. The van der Waals surface area contributed by atoms with Gasteiger partial charge in [0.1, 0.15) is 36.9 Å². The number of amides is 2. The first-order chi connectivity index (χ1) is 22.6. The van der Waals surface area contributed by atoms with Crippen LogP contribution in [0.2, 0.25) is 0 Å². The van der Waals surface area contributed by atoms with Gasteiger partial charge in [0.15, 0.2) is 11.5 Å². The van der Waals surface area contributed by atoms with Gasteiger partial charge in [-0.1, -0.05) is 36.4 Å². The summed E-state index contributed by atoms with van der Waals surface area (Å²) in [7, 11) is 3.26. The Kier molecular flexibility index (Phi) is 9.91. The Morgan fingerprint density at radius 3 is 2.17 bits per heavy atom. The number of carbonyl (C=O) groups is 1. The van der Waals surface area contributed by atoms with Gasteiger partial charge < -0.3 is 38.8 Å². The second kappa shape index (κ2) is 14.8. The molecule has 6 rings (SSSR count).